The van der Waals surface area contributed by atoms with Crippen LogP contribution in [0, 0.1) is 0 Å². The van der Waals surface area contributed by atoms with Gasteiger partial charge in [0, 0.05) is 18.5 Å². The van der Waals surface area contributed by atoms with Gasteiger partial charge in [0.05, 0.1) is 11.4 Å². The van der Waals surface area contributed by atoms with Crippen LogP contribution in [-0.4, -0.2) is 12.5 Å². The molecule has 0 spiro atoms. The number of rotatable bonds is 0. The molecule has 15 heavy (non-hydrogen) atoms. The minimum atomic E-state index is 0.0324. The molecule has 1 aliphatic rings. The van der Waals surface area contributed by atoms with E-state index in [1.807, 2.05) is 6.07 Å². The third-order valence-corrected chi connectivity index (χ3v) is 2.88. The maximum Gasteiger partial charge on any atom is 0.223 e. The Morgan fingerprint density at radius 3 is 2.93 bits per heavy atom. The first-order valence-corrected chi connectivity index (χ1v) is 5.33. The van der Waals surface area contributed by atoms with E-state index in [0.29, 0.717) is 10.7 Å². The van der Waals surface area contributed by atoms with E-state index >= 15 is 0 Å². The smallest absolute Gasteiger partial charge is 0.223 e. The Bertz CT molecular complexity index is 417. The summed E-state index contributed by atoms with van der Waals surface area (Å²) in [5.74, 6) is 0.0324. The number of carbonyl (C=O) groups is 1. The molecule has 0 fully saturated rings. The third kappa shape index (κ3) is 1.79. The van der Waals surface area contributed by atoms with Gasteiger partial charge in [-0.05, 0) is 30.5 Å². The quantitative estimate of drug-likeness (QED) is 0.687. The highest BCUT2D eigenvalue weighted by Gasteiger charge is 2.22. The predicted octanol–water partition coefficient (Wildman–Crippen LogP) is 2.22. The molecular formula is C11H13ClN2O. The highest BCUT2D eigenvalue weighted by Crippen LogP contribution is 2.35. The van der Waals surface area contributed by atoms with Crippen LogP contribution >= 0.6 is 11.6 Å². The van der Waals surface area contributed by atoms with Crippen LogP contribution < -0.4 is 10.6 Å². The van der Waals surface area contributed by atoms with Gasteiger partial charge in [-0.3, -0.25) is 4.79 Å². The number of hydrogen-bond acceptors (Lipinski definition) is 2. The first-order valence-electron chi connectivity index (χ1n) is 4.95. The summed E-state index contributed by atoms with van der Waals surface area (Å²) in [6.07, 6.45) is 1.90. The number of nitrogens with two attached hydrogens (primary N) is 1. The molecule has 1 aromatic carbocycles. The first-order chi connectivity index (χ1) is 7.09. The van der Waals surface area contributed by atoms with E-state index in [1.165, 1.54) is 0 Å². The monoisotopic (exact) mass is 224 g/mol. The maximum absolute atomic E-state index is 11.4. The van der Waals surface area contributed by atoms with Crippen molar-refractivity contribution in [3.63, 3.8) is 0 Å². The van der Waals surface area contributed by atoms with E-state index in [4.69, 9.17) is 17.3 Å². The lowest BCUT2D eigenvalue weighted by Crippen LogP contribution is -2.34. The second kappa shape index (κ2) is 3.74. The number of anilines is 2. The summed E-state index contributed by atoms with van der Waals surface area (Å²) in [6, 6.07) is 3.59. The zero-order chi connectivity index (χ0) is 11.0. The minimum absolute atomic E-state index is 0.0324. The summed E-state index contributed by atoms with van der Waals surface area (Å²) < 4.78 is 0. The molecular weight excluding hydrogens is 212 g/mol. The van der Waals surface area contributed by atoms with Crippen LogP contribution in [0.3, 0.4) is 0 Å². The number of fused-ring (bicyclic) bond motifs is 1. The summed E-state index contributed by atoms with van der Waals surface area (Å²) in [4.78, 5) is 13.2. The van der Waals surface area contributed by atoms with Crippen molar-refractivity contribution >= 4 is 28.9 Å². The van der Waals surface area contributed by atoms with Crippen molar-refractivity contribution in [1.29, 1.82) is 0 Å². The fourth-order valence-corrected chi connectivity index (χ4v) is 2.30. The molecule has 0 saturated heterocycles. The van der Waals surface area contributed by atoms with Crippen LogP contribution in [0.2, 0.25) is 5.02 Å². The van der Waals surface area contributed by atoms with Gasteiger partial charge in [-0.25, -0.2) is 0 Å². The molecule has 1 amide bonds. The van der Waals surface area contributed by atoms with Crippen LogP contribution in [0.15, 0.2) is 12.1 Å². The van der Waals surface area contributed by atoms with E-state index in [2.05, 4.69) is 0 Å². The number of amides is 1. The number of benzene rings is 1. The molecule has 1 aromatic rings. The normalized spacial score (nSPS) is 14.9. The van der Waals surface area contributed by atoms with Crippen molar-refractivity contribution in [2.75, 3.05) is 17.2 Å². The highest BCUT2D eigenvalue weighted by molar-refractivity contribution is 6.31. The number of nitrogens with zero attached hydrogens (tertiary/aromatic N) is 1. The second-order valence-corrected chi connectivity index (χ2v) is 4.21. The molecule has 80 valence electrons. The predicted molar refractivity (Wildman–Crippen MR) is 62.2 cm³/mol. The molecule has 1 heterocycles. The molecule has 0 atom stereocenters. The Kier molecular flexibility index (Phi) is 2.57. The maximum atomic E-state index is 11.4. The van der Waals surface area contributed by atoms with E-state index in [0.717, 1.165) is 30.6 Å². The lowest BCUT2D eigenvalue weighted by Gasteiger charge is -2.30. The van der Waals surface area contributed by atoms with E-state index in [-0.39, 0.29) is 5.91 Å². The summed E-state index contributed by atoms with van der Waals surface area (Å²) >= 11 is 5.93. The van der Waals surface area contributed by atoms with Crippen LogP contribution in [0.25, 0.3) is 0 Å². The van der Waals surface area contributed by atoms with Gasteiger partial charge < -0.3 is 10.6 Å². The second-order valence-electron chi connectivity index (χ2n) is 3.78. The molecule has 2 N–H and O–H groups in total. The molecule has 0 radical (unpaired) electrons. The van der Waals surface area contributed by atoms with E-state index in [1.54, 1.807) is 17.9 Å². The Morgan fingerprint density at radius 2 is 2.27 bits per heavy atom. The average Bonchev–Trinajstić information content (AvgIpc) is 2.16. The lowest BCUT2D eigenvalue weighted by atomic mass is 10.0. The Labute approximate surface area is 93.8 Å². The fourth-order valence-electron chi connectivity index (χ4n) is 2.05. The Hall–Kier alpha value is -1.22. The SMILES string of the molecule is CC(=O)N1CCCc2cc(Cl)cc(N)c21. The average molecular weight is 225 g/mol. The first kappa shape index (κ1) is 10.3. The van der Waals surface area contributed by atoms with Gasteiger partial charge in [0.15, 0.2) is 0 Å². The van der Waals surface area contributed by atoms with Crippen LogP contribution in [-0.2, 0) is 11.2 Å². The molecule has 0 aromatic heterocycles. The standard InChI is InChI=1S/C11H13ClN2O/c1-7(15)14-4-2-3-8-5-9(12)6-10(13)11(8)14/h5-6H,2-4,13H2,1H3. The van der Waals surface area contributed by atoms with Crippen LogP contribution in [0.1, 0.15) is 18.9 Å². The molecule has 3 nitrogen and oxygen atoms in total. The lowest BCUT2D eigenvalue weighted by molar-refractivity contribution is -0.116. The number of nitrogen functional groups attached to an aromatic ring is 1. The van der Waals surface area contributed by atoms with Gasteiger partial charge in [-0.2, -0.15) is 0 Å². The molecule has 0 aliphatic carbocycles. The third-order valence-electron chi connectivity index (χ3n) is 2.66. The van der Waals surface area contributed by atoms with Gasteiger partial charge in [0.2, 0.25) is 5.91 Å². The summed E-state index contributed by atoms with van der Waals surface area (Å²) in [5.41, 5.74) is 8.40. The van der Waals surface area contributed by atoms with Crippen LogP contribution in [0.5, 0.6) is 0 Å². The zero-order valence-corrected chi connectivity index (χ0v) is 9.34. The van der Waals surface area contributed by atoms with Gasteiger partial charge in [-0.1, -0.05) is 11.6 Å². The fraction of sp³-hybridized carbons (Fsp3) is 0.364. The molecule has 1 aliphatic heterocycles. The molecule has 4 heteroatoms. The Morgan fingerprint density at radius 1 is 1.53 bits per heavy atom. The largest absolute Gasteiger partial charge is 0.397 e. The topological polar surface area (TPSA) is 46.3 Å². The number of aryl methyl sites for hydroxylation is 1. The minimum Gasteiger partial charge on any atom is -0.397 e. The van der Waals surface area contributed by atoms with Gasteiger partial charge in [0.1, 0.15) is 0 Å². The van der Waals surface area contributed by atoms with Gasteiger partial charge in [0.25, 0.3) is 0 Å². The van der Waals surface area contributed by atoms with Crippen molar-refractivity contribution in [3.05, 3.63) is 22.7 Å². The summed E-state index contributed by atoms with van der Waals surface area (Å²) in [7, 11) is 0. The van der Waals surface area contributed by atoms with Crippen molar-refractivity contribution in [2.24, 2.45) is 0 Å². The molecule has 2 rings (SSSR count). The van der Waals surface area contributed by atoms with Gasteiger partial charge in [-0.15, -0.1) is 0 Å². The zero-order valence-electron chi connectivity index (χ0n) is 8.59. The molecule has 0 saturated carbocycles. The number of hydrogen-bond donors (Lipinski definition) is 1. The van der Waals surface area contributed by atoms with Crippen molar-refractivity contribution in [2.45, 2.75) is 19.8 Å². The number of carbonyl (C=O) groups excluding carboxylic acids is 1. The highest BCUT2D eigenvalue weighted by atomic mass is 35.5. The number of halogens is 1. The summed E-state index contributed by atoms with van der Waals surface area (Å²) in [6.45, 7) is 2.30. The van der Waals surface area contributed by atoms with Gasteiger partial charge >= 0.3 is 0 Å². The molecule has 0 unspecified atom stereocenters. The Balaban J connectivity index is 2.55. The summed E-state index contributed by atoms with van der Waals surface area (Å²) in [5, 5.41) is 0.636. The van der Waals surface area contributed by atoms with Crippen molar-refractivity contribution in [1.82, 2.24) is 0 Å². The van der Waals surface area contributed by atoms with Crippen molar-refractivity contribution in [3.8, 4) is 0 Å². The van der Waals surface area contributed by atoms with E-state index < -0.39 is 0 Å². The van der Waals surface area contributed by atoms with Crippen LogP contribution in [0.4, 0.5) is 11.4 Å². The molecule has 0 bridgehead atoms. The van der Waals surface area contributed by atoms with Crippen molar-refractivity contribution < 1.29 is 4.79 Å². The van der Waals surface area contributed by atoms with E-state index in [9.17, 15) is 4.79 Å².